The fraction of sp³-hybridized carbons (Fsp3) is 0.400. The summed E-state index contributed by atoms with van der Waals surface area (Å²) in [4.78, 5) is 15.4. The van der Waals surface area contributed by atoms with Gasteiger partial charge in [0.05, 0.1) is 5.92 Å². The van der Waals surface area contributed by atoms with Gasteiger partial charge < -0.3 is 14.8 Å². The van der Waals surface area contributed by atoms with Gasteiger partial charge in [-0.1, -0.05) is 30.3 Å². The molecule has 2 aromatic carbocycles. The molecule has 1 aliphatic heterocycles. The molecule has 30 heavy (non-hydrogen) atoms. The van der Waals surface area contributed by atoms with E-state index in [2.05, 4.69) is 33.1 Å². The van der Waals surface area contributed by atoms with E-state index in [4.69, 9.17) is 0 Å². The highest BCUT2D eigenvalue weighted by Gasteiger charge is 2.36. The molecule has 4 nitrogen and oxygen atoms in total. The van der Waals surface area contributed by atoms with Crippen molar-refractivity contribution in [3.05, 3.63) is 71.7 Å². The molecule has 2 aliphatic rings. The Morgan fingerprint density at radius 1 is 1.13 bits per heavy atom. The van der Waals surface area contributed by atoms with Gasteiger partial charge in [0.1, 0.15) is 5.82 Å². The van der Waals surface area contributed by atoms with Crippen molar-refractivity contribution in [2.24, 2.45) is 5.92 Å². The van der Waals surface area contributed by atoms with Crippen molar-refractivity contribution in [1.82, 2.24) is 14.8 Å². The molecule has 5 rings (SSSR count). The summed E-state index contributed by atoms with van der Waals surface area (Å²) >= 11 is 0. The predicted octanol–water partition coefficient (Wildman–Crippen LogP) is 4.32. The predicted molar refractivity (Wildman–Crippen MR) is 117 cm³/mol. The third kappa shape index (κ3) is 3.99. The maximum Gasteiger partial charge on any atom is 0.227 e. The van der Waals surface area contributed by atoms with Gasteiger partial charge in [-0.05, 0) is 61.6 Å². The second kappa shape index (κ2) is 8.23. The van der Waals surface area contributed by atoms with Crippen LogP contribution in [0.3, 0.4) is 0 Å². The van der Waals surface area contributed by atoms with E-state index in [1.165, 1.54) is 17.0 Å². The Kier molecular flexibility index (Phi) is 5.30. The average Bonchev–Trinajstić information content (AvgIpc) is 3.56. The number of halogens is 1. The lowest BCUT2D eigenvalue weighted by molar-refractivity contribution is -0.137. The molecule has 2 fully saturated rings. The lowest BCUT2D eigenvalue weighted by Gasteiger charge is -2.29. The van der Waals surface area contributed by atoms with Crippen LogP contribution >= 0.6 is 0 Å². The SMILES string of the molecule is O=C([C@@H]1CCCNC1)N(Cc1cn(Cc2cccc(F)c2)c2ccccc12)C1CC1. The van der Waals surface area contributed by atoms with E-state index in [0.29, 0.717) is 25.0 Å². The van der Waals surface area contributed by atoms with Gasteiger partial charge in [0.2, 0.25) is 5.91 Å². The van der Waals surface area contributed by atoms with Gasteiger partial charge in [0.15, 0.2) is 0 Å². The van der Waals surface area contributed by atoms with Crippen molar-refractivity contribution in [1.29, 1.82) is 0 Å². The summed E-state index contributed by atoms with van der Waals surface area (Å²) < 4.78 is 15.8. The summed E-state index contributed by atoms with van der Waals surface area (Å²) in [6.45, 7) is 3.07. The first-order valence-electron chi connectivity index (χ1n) is 11.0. The molecule has 1 aliphatic carbocycles. The molecule has 0 spiro atoms. The molecule has 1 N–H and O–H groups in total. The van der Waals surface area contributed by atoms with E-state index < -0.39 is 0 Å². The highest BCUT2D eigenvalue weighted by molar-refractivity contribution is 5.85. The number of hydrogen-bond donors (Lipinski definition) is 1. The minimum Gasteiger partial charge on any atom is -0.343 e. The van der Waals surface area contributed by atoms with Gasteiger partial charge in [-0.3, -0.25) is 4.79 Å². The average molecular weight is 406 g/mol. The molecule has 1 atom stereocenters. The molecule has 1 saturated carbocycles. The second-order valence-electron chi connectivity index (χ2n) is 8.67. The van der Waals surface area contributed by atoms with Crippen LogP contribution in [0.4, 0.5) is 4.39 Å². The van der Waals surface area contributed by atoms with E-state index in [9.17, 15) is 9.18 Å². The molecule has 1 aromatic heterocycles. The fourth-order valence-corrected chi connectivity index (χ4v) is 4.67. The van der Waals surface area contributed by atoms with Crippen LogP contribution in [0.25, 0.3) is 10.9 Å². The maximum atomic E-state index is 13.7. The smallest absolute Gasteiger partial charge is 0.227 e. The minimum absolute atomic E-state index is 0.0972. The quantitative estimate of drug-likeness (QED) is 0.663. The molecule has 3 aromatic rings. The minimum atomic E-state index is -0.212. The number of aromatic nitrogens is 1. The van der Waals surface area contributed by atoms with Crippen LogP contribution in [-0.4, -0.2) is 34.5 Å². The molecular weight excluding hydrogens is 377 g/mol. The largest absolute Gasteiger partial charge is 0.343 e. The van der Waals surface area contributed by atoms with Gasteiger partial charge in [-0.2, -0.15) is 0 Å². The van der Waals surface area contributed by atoms with Crippen molar-refractivity contribution < 1.29 is 9.18 Å². The molecule has 1 amide bonds. The zero-order valence-electron chi connectivity index (χ0n) is 17.2. The van der Waals surface area contributed by atoms with Gasteiger partial charge >= 0.3 is 0 Å². The third-order valence-corrected chi connectivity index (χ3v) is 6.37. The Labute approximate surface area is 176 Å². The number of nitrogens with one attached hydrogen (secondary N) is 1. The highest BCUT2D eigenvalue weighted by Crippen LogP contribution is 2.33. The monoisotopic (exact) mass is 405 g/mol. The molecule has 0 unspecified atom stereocenters. The first-order chi connectivity index (χ1) is 14.7. The molecular formula is C25H28FN3O. The first-order valence-corrected chi connectivity index (χ1v) is 11.0. The van der Waals surface area contributed by atoms with E-state index in [0.717, 1.165) is 49.9 Å². The van der Waals surface area contributed by atoms with E-state index in [-0.39, 0.29) is 11.7 Å². The number of carbonyl (C=O) groups excluding carboxylic acids is 1. The summed E-state index contributed by atoms with van der Waals surface area (Å²) in [5.41, 5.74) is 3.23. The molecule has 5 heteroatoms. The lowest BCUT2D eigenvalue weighted by atomic mass is 9.97. The fourth-order valence-electron chi connectivity index (χ4n) is 4.67. The molecule has 0 radical (unpaired) electrons. The molecule has 0 bridgehead atoms. The summed E-state index contributed by atoms with van der Waals surface area (Å²) in [5, 5.41) is 4.55. The van der Waals surface area contributed by atoms with Crippen LogP contribution in [0.2, 0.25) is 0 Å². The lowest BCUT2D eigenvalue weighted by Crippen LogP contribution is -2.43. The van der Waals surface area contributed by atoms with Crippen LogP contribution in [-0.2, 0) is 17.9 Å². The van der Waals surface area contributed by atoms with E-state index in [1.807, 2.05) is 18.2 Å². The van der Waals surface area contributed by atoms with Crippen LogP contribution in [0.1, 0.15) is 36.8 Å². The third-order valence-electron chi connectivity index (χ3n) is 6.37. The Hall–Kier alpha value is -2.66. The maximum absolute atomic E-state index is 13.7. The van der Waals surface area contributed by atoms with Crippen LogP contribution < -0.4 is 5.32 Å². The van der Waals surface area contributed by atoms with Crippen LogP contribution in [0, 0.1) is 11.7 Å². The van der Waals surface area contributed by atoms with Crippen LogP contribution in [0.15, 0.2) is 54.7 Å². The number of fused-ring (bicyclic) bond motifs is 1. The number of carbonyl (C=O) groups is 1. The number of hydrogen-bond acceptors (Lipinski definition) is 2. The van der Waals surface area contributed by atoms with Gasteiger partial charge in [0, 0.05) is 42.8 Å². The normalized spacial score (nSPS) is 19.2. The van der Waals surface area contributed by atoms with Gasteiger partial charge in [-0.25, -0.2) is 4.39 Å². The molecule has 1 saturated heterocycles. The van der Waals surface area contributed by atoms with Gasteiger partial charge in [-0.15, -0.1) is 0 Å². The summed E-state index contributed by atoms with van der Waals surface area (Å²) in [6.07, 6.45) is 6.41. The van der Waals surface area contributed by atoms with E-state index in [1.54, 1.807) is 12.1 Å². The first kappa shape index (κ1) is 19.3. The van der Waals surface area contributed by atoms with E-state index >= 15 is 0 Å². The van der Waals surface area contributed by atoms with Crippen LogP contribution in [0.5, 0.6) is 0 Å². The van der Waals surface area contributed by atoms with Crippen molar-refractivity contribution in [2.45, 2.75) is 44.8 Å². The zero-order chi connectivity index (χ0) is 20.5. The van der Waals surface area contributed by atoms with Crippen molar-refractivity contribution >= 4 is 16.8 Å². The summed E-state index contributed by atoms with van der Waals surface area (Å²) in [6, 6.07) is 15.5. The van der Waals surface area contributed by atoms with Crippen molar-refractivity contribution in [3.8, 4) is 0 Å². The number of para-hydroxylation sites is 1. The van der Waals surface area contributed by atoms with Crippen molar-refractivity contribution in [3.63, 3.8) is 0 Å². The Bertz CT molecular complexity index is 1050. The Morgan fingerprint density at radius 2 is 2.00 bits per heavy atom. The topological polar surface area (TPSA) is 37.3 Å². The molecule has 156 valence electrons. The van der Waals surface area contributed by atoms with Crippen molar-refractivity contribution in [2.75, 3.05) is 13.1 Å². The zero-order valence-corrected chi connectivity index (χ0v) is 17.2. The second-order valence-corrected chi connectivity index (χ2v) is 8.67. The molecule has 2 heterocycles. The van der Waals surface area contributed by atoms with Gasteiger partial charge in [0.25, 0.3) is 0 Å². The Balaban J connectivity index is 1.44. The highest BCUT2D eigenvalue weighted by atomic mass is 19.1. The number of nitrogens with zero attached hydrogens (tertiary/aromatic N) is 2. The number of piperidine rings is 1. The number of amides is 1. The Morgan fingerprint density at radius 3 is 2.77 bits per heavy atom. The number of rotatable bonds is 6. The summed E-state index contributed by atoms with van der Waals surface area (Å²) in [7, 11) is 0. The standard InChI is InChI=1S/C25H28FN3O/c26-21-7-3-5-18(13-21)15-28-16-20(23-8-1-2-9-24(23)28)17-29(22-10-11-22)25(30)19-6-4-12-27-14-19/h1-3,5,7-9,13,16,19,22,27H,4,6,10-12,14-15,17H2/t19-/m1/s1. The number of benzene rings is 2. The summed E-state index contributed by atoms with van der Waals surface area (Å²) in [5.74, 6) is 0.183.